The number of carbonyl (C=O) groups is 1. The van der Waals surface area contributed by atoms with E-state index in [-0.39, 0.29) is 5.91 Å². The molecule has 0 saturated carbocycles. The molecule has 1 N–H and O–H groups in total. The molecule has 0 atom stereocenters. The first-order valence-corrected chi connectivity index (χ1v) is 12.2. The first-order chi connectivity index (χ1) is 17.6. The molecule has 5 nitrogen and oxygen atoms in total. The number of carbonyl (C=O) groups excluding carboxylic acids is 1. The van der Waals surface area contributed by atoms with Crippen molar-refractivity contribution in [3.8, 4) is 11.5 Å². The zero-order chi connectivity index (χ0) is 24.9. The summed E-state index contributed by atoms with van der Waals surface area (Å²) in [6.07, 6.45) is 1.58. The van der Waals surface area contributed by atoms with Crippen LogP contribution in [0.15, 0.2) is 107 Å². The number of benzene rings is 5. The van der Waals surface area contributed by atoms with Crippen LogP contribution in [0.5, 0.6) is 11.5 Å². The molecule has 0 radical (unpaired) electrons. The number of halogens is 1. The molecule has 5 rings (SSSR count). The summed E-state index contributed by atoms with van der Waals surface area (Å²) in [5.41, 5.74) is 4.82. The van der Waals surface area contributed by atoms with Crippen molar-refractivity contribution in [2.45, 2.75) is 6.61 Å². The van der Waals surface area contributed by atoms with Crippen LogP contribution in [-0.4, -0.2) is 19.2 Å². The predicted octanol–water partition coefficient (Wildman–Crippen LogP) is 7.11. The Balaban J connectivity index is 1.32. The fourth-order valence-corrected chi connectivity index (χ4v) is 4.41. The van der Waals surface area contributed by atoms with Crippen LogP contribution in [0.4, 0.5) is 0 Å². The van der Waals surface area contributed by atoms with Gasteiger partial charge in [-0.2, -0.15) is 5.10 Å². The number of hydrogen-bond donors (Lipinski definition) is 1. The van der Waals surface area contributed by atoms with Gasteiger partial charge in [0.15, 0.2) is 0 Å². The quantitative estimate of drug-likeness (QED) is 0.177. The first kappa shape index (κ1) is 23.6. The molecule has 0 saturated heterocycles. The van der Waals surface area contributed by atoms with Gasteiger partial charge in [0.25, 0.3) is 5.91 Å². The molecule has 0 bridgehead atoms. The van der Waals surface area contributed by atoms with Gasteiger partial charge in [-0.1, -0.05) is 76.6 Å². The van der Waals surface area contributed by atoms with Crippen molar-refractivity contribution >= 4 is 49.6 Å². The highest BCUT2D eigenvalue weighted by Gasteiger charge is 2.13. The molecule has 1 amide bonds. The second-order valence-corrected chi connectivity index (χ2v) is 9.17. The fraction of sp³-hybridized carbons (Fsp3) is 0.0667. The van der Waals surface area contributed by atoms with Crippen LogP contribution in [0.2, 0.25) is 0 Å². The second kappa shape index (κ2) is 10.6. The van der Waals surface area contributed by atoms with E-state index in [0.717, 1.165) is 26.4 Å². The van der Waals surface area contributed by atoms with Gasteiger partial charge in [-0.25, -0.2) is 5.43 Å². The van der Waals surface area contributed by atoms with E-state index >= 15 is 0 Å². The van der Waals surface area contributed by atoms with Gasteiger partial charge in [-0.15, -0.1) is 0 Å². The van der Waals surface area contributed by atoms with Gasteiger partial charge in [0, 0.05) is 10.0 Å². The third-order valence-corrected chi connectivity index (χ3v) is 6.36. The number of hydrazone groups is 1. The molecule has 0 unspecified atom stereocenters. The number of nitrogens with one attached hydrogen (secondary N) is 1. The molecule has 0 aliphatic carbocycles. The Hall–Kier alpha value is -4.16. The van der Waals surface area contributed by atoms with Crippen LogP contribution in [0.3, 0.4) is 0 Å². The number of rotatable bonds is 7. The zero-order valence-corrected chi connectivity index (χ0v) is 21.2. The molecule has 0 aliphatic rings. The van der Waals surface area contributed by atoms with Crippen molar-refractivity contribution in [1.29, 1.82) is 0 Å². The molecule has 6 heteroatoms. The summed E-state index contributed by atoms with van der Waals surface area (Å²) in [6, 6.07) is 31.6. The summed E-state index contributed by atoms with van der Waals surface area (Å²) in [4.78, 5) is 12.9. The molecule has 5 aromatic rings. The number of ether oxygens (including phenoxy) is 2. The van der Waals surface area contributed by atoms with Crippen molar-refractivity contribution in [3.63, 3.8) is 0 Å². The average molecular weight is 539 g/mol. The highest BCUT2D eigenvalue weighted by molar-refractivity contribution is 9.10. The summed E-state index contributed by atoms with van der Waals surface area (Å²) >= 11 is 3.50. The second-order valence-electron chi connectivity index (χ2n) is 8.25. The average Bonchev–Trinajstić information content (AvgIpc) is 2.91. The summed E-state index contributed by atoms with van der Waals surface area (Å²) in [6.45, 7) is 0.411. The molecule has 0 heterocycles. The van der Waals surface area contributed by atoms with Gasteiger partial charge < -0.3 is 9.47 Å². The van der Waals surface area contributed by atoms with Crippen LogP contribution in [0, 0.1) is 0 Å². The van der Waals surface area contributed by atoms with E-state index in [1.165, 1.54) is 10.8 Å². The lowest BCUT2D eigenvalue weighted by molar-refractivity contribution is 0.0952. The van der Waals surface area contributed by atoms with E-state index in [1.54, 1.807) is 19.4 Å². The fourth-order valence-electron chi connectivity index (χ4n) is 4.03. The number of fused-ring (bicyclic) bond motifs is 2. The molecular formula is C30H23BrN2O3. The van der Waals surface area contributed by atoms with Crippen LogP contribution >= 0.6 is 15.9 Å². The smallest absolute Gasteiger partial charge is 0.275 e. The van der Waals surface area contributed by atoms with Crippen molar-refractivity contribution in [2.75, 3.05) is 7.11 Å². The normalized spacial score (nSPS) is 11.2. The topological polar surface area (TPSA) is 59.9 Å². The van der Waals surface area contributed by atoms with Crippen molar-refractivity contribution in [3.05, 3.63) is 118 Å². The summed E-state index contributed by atoms with van der Waals surface area (Å²) in [5, 5.41) is 8.50. The SMILES string of the molecule is COc1cc2ccccc2cc1C(=O)N/N=C\c1cc(Br)ccc1OCc1ccc2ccccc2c1. The van der Waals surface area contributed by atoms with E-state index in [2.05, 4.69) is 56.8 Å². The standard InChI is InChI=1S/C30H23BrN2O3/c1-35-29-17-24-9-5-4-8-23(24)16-27(29)30(34)33-32-18-25-15-26(31)12-13-28(25)36-19-20-10-11-21-6-2-3-7-22(21)14-20/h2-18H,19H2,1H3,(H,33,34)/b32-18-. The molecule has 0 aliphatic heterocycles. The minimum Gasteiger partial charge on any atom is -0.496 e. The van der Waals surface area contributed by atoms with Gasteiger partial charge in [-0.05, 0) is 63.5 Å². The minimum atomic E-state index is -0.359. The third-order valence-electron chi connectivity index (χ3n) is 5.86. The maximum atomic E-state index is 12.9. The highest BCUT2D eigenvalue weighted by atomic mass is 79.9. The predicted molar refractivity (Wildman–Crippen MR) is 148 cm³/mol. The summed E-state index contributed by atoms with van der Waals surface area (Å²) < 4.78 is 12.4. The van der Waals surface area contributed by atoms with Gasteiger partial charge in [0.2, 0.25) is 0 Å². The molecular weight excluding hydrogens is 516 g/mol. The Morgan fingerprint density at radius 2 is 1.53 bits per heavy atom. The highest BCUT2D eigenvalue weighted by Crippen LogP contribution is 2.26. The lowest BCUT2D eigenvalue weighted by Gasteiger charge is -2.11. The van der Waals surface area contributed by atoms with Gasteiger partial charge >= 0.3 is 0 Å². The zero-order valence-electron chi connectivity index (χ0n) is 19.6. The molecule has 178 valence electrons. The van der Waals surface area contributed by atoms with Crippen molar-refractivity contribution in [2.24, 2.45) is 5.10 Å². The lowest BCUT2D eigenvalue weighted by Crippen LogP contribution is -2.18. The minimum absolute atomic E-state index is 0.359. The Bertz CT molecular complexity index is 1600. The number of nitrogens with zero attached hydrogens (tertiary/aromatic N) is 1. The molecule has 36 heavy (non-hydrogen) atoms. The Kier molecular flexibility index (Phi) is 6.96. The molecule has 0 fully saturated rings. The van der Waals surface area contributed by atoms with Crippen LogP contribution in [0.1, 0.15) is 21.5 Å². The first-order valence-electron chi connectivity index (χ1n) is 11.4. The maximum Gasteiger partial charge on any atom is 0.275 e. The molecule has 0 aromatic heterocycles. The number of hydrogen-bond acceptors (Lipinski definition) is 4. The van der Waals surface area contributed by atoms with E-state index in [1.807, 2.05) is 60.7 Å². The Morgan fingerprint density at radius 3 is 2.28 bits per heavy atom. The van der Waals surface area contributed by atoms with Gasteiger partial charge in [-0.3, -0.25) is 4.79 Å². The number of methoxy groups -OCH3 is 1. The maximum absolute atomic E-state index is 12.9. The van der Waals surface area contributed by atoms with Gasteiger partial charge in [0.1, 0.15) is 18.1 Å². The van der Waals surface area contributed by atoms with Crippen molar-refractivity contribution < 1.29 is 14.3 Å². The molecule has 5 aromatic carbocycles. The van der Waals surface area contributed by atoms with Crippen LogP contribution in [0.25, 0.3) is 21.5 Å². The summed E-state index contributed by atoms with van der Waals surface area (Å²) in [5.74, 6) is 0.790. The summed E-state index contributed by atoms with van der Waals surface area (Å²) in [7, 11) is 1.55. The largest absolute Gasteiger partial charge is 0.496 e. The Labute approximate surface area is 217 Å². The number of amides is 1. The Morgan fingerprint density at radius 1 is 0.833 bits per heavy atom. The monoisotopic (exact) mass is 538 g/mol. The third kappa shape index (κ3) is 5.24. The van der Waals surface area contributed by atoms with E-state index in [9.17, 15) is 4.79 Å². The van der Waals surface area contributed by atoms with Crippen molar-refractivity contribution in [1.82, 2.24) is 5.43 Å². The van der Waals surface area contributed by atoms with E-state index in [0.29, 0.717) is 23.7 Å². The lowest BCUT2D eigenvalue weighted by atomic mass is 10.1. The molecule has 0 spiro atoms. The van der Waals surface area contributed by atoms with E-state index in [4.69, 9.17) is 9.47 Å². The van der Waals surface area contributed by atoms with Crippen LogP contribution < -0.4 is 14.9 Å². The van der Waals surface area contributed by atoms with Crippen LogP contribution in [-0.2, 0) is 6.61 Å². The van der Waals surface area contributed by atoms with Gasteiger partial charge in [0.05, 0.1) is 18.9 Å². The van der Waals surface area contributed by atoms with E-state index < -0.39 is 0 Å².